The number of halogens is 3. The van der Waals surface area contributed by atoms with Crippen molar-refractivity contribution >= 4 is 0 Å². The van der Waals surface area contributed by atoms with Gasteiger partial charge < -0.3 is 13.8 Å². The molecule has 0 radical (unpaired) electrons. The zero-order chi connectivity index (χ0) is 14.8. The molecule has 2 rings (SSSR count). The van der Waals surface area contributed by atoms with Crippen molar-refractivity contribution in [3.63, 3.8) is 0 Å². The van der Waals surface area contributed by atoms with Crippen molar-refractivity contribution in [1.29, 1.82) is 0 Å². The first-order valence-corrected chi connectivity index (χ1v) is 5.49. The van der Waals surface area contributed by atoms with E-state index in [0.29, 0.717) is 0 Å². The number of alkyl halides is 3. The average Bonchev–Trinajstić information content (AvgIpc) is 2.78. The number of pyridine rings is 1. The van der Waals surface area contributed by atoms with Crippen LogP contribution in [0.1, 0.15) is 17.3 Å². The summed E-state index contributed by atoms with van der Waals surface area (Å²) in [7, 11) is 1.44. The number of ether oxygens (including phenoxy) is 1. The lowest BCUT2D eigenvalue weighted by Gasteiger charge is -2.08. The maximum Gasteiger partial charge on any atom is 0.421 e. The molecule has 20 heavy (non-hydrogen) atoms. The Kier molecular flexibility index (Phi) is 3.89. The molecule has 108 valence electrons. The summed E-state index contributed by atoms with van der Waals surface area (Å²) in [6.45, 7) is -0.125. The van der Waals surface area contributed by atoms with Gasteiger partial charge in [-0.25, -0.2) is 0 Å². The van der Waals surface area contributed by atoms with Gasteiger partial charge >= 0.3 is 6.18 Å². The molecule has 6 nitrogen and oxygen atoms in total. The molecular formula is C11H10F3N3O3. The number of nitrogens with zero attached hydrogens (tertiary/aromatic N) is 3. The highest BCUT2D eigenvalue weighted by molar-refractivity contribution is 5.14. The fraction of sp³-hybridized carbons (Fsp3) is 0.364. The number of aromatic nitrogens is 3. The van der Waals surface area contributed by atoms with Crippen LogP contribution in [0.25, 0.3) is 0 Å². The molecule has 2 aromatic rings. The smallest absolute Gasteiger partial charge is 0.377 e. The van der Waals surface area contributed by atoms with E-state index >= 15 is 0 Å². The van der Waals surface area contributed by atoms with Crippen LogP contribution in [0.2, 0.25) is 0 Å². The van der Waals surface area contributed by atoms with Gasteiger partial charge in [-0.05, 0) is 12.1 Å². The molecule has 0 unspecified atom stereocenters. The number of methoxy groups -OCH3 is 1. The standard InChI is InChI=1S/C11H10F3N3O3/c1-19-6-8-15-9(20-16-8)5-17-4-2-3-7(10(17)18)11(12,13)14/h2-4H,5-6H2,1H3. The lowest BCUT2D eigenvalue weighted by molar-refractivity contribution is -0.139. The van der Waals surface area contributed by atoms with Crippen LogP contribution in [-0.4, -0.2) is 21.8 Å². The van der Waals surface area contributed by atoms with Crippen molar-refractivity contribution < 1.29 is 22.4 Å². The van der Waals surface area contributed by atoms with E-state index in [-0.39, 0.29) is 24.9 Å². The van der Waals surface area contributed by atoms with E-state index in [9.17, 15) is 18.0 Å². The van der Waals surface area contributed by atoms with Gasteiger partial charge in [0.25, 0.3) is 5.56 Å². The van der Waals surface area contributed by atoms with Crippen LogP contribution in [-0.2, 0) is 24.1 Å². The first kappa shape index (κ1) is 14.3. The second kappa shape index (κ2) is 5.45. The topological polar surface area (TPSA) is 70.2 Å². The van der Waals surface area contributed by atoms with Gasteiger partial charge in [-0.15, -0.1) is 0 Å². The fourth-order valence-electron chi connectivity index (χ4n) is 1.56. The first-order chi connectivity index (χ1) is 9.41. The first-order valence-electron chi connectivity index (χ1n) is 5.49. The maximum absolute atomic E-state index is 12.6. The summed E-state index contributed by atoms with van der Waals surface area (Å²) in [5.74, 6) is 0.279. The van der Waals surface area contributed by atoms with Gasteiger partial charge in [-0.3, -0.25) is 4.79 Å². The minimum absolute atomic E-state index is 0.0264. The molecule has 0 aliphatic heterocycles. The third kappa shape index (κ3) is 3.05. The lowest BCUT2D eigenvalue weighted by Crippen LogP contribution is -2.28. The molecule has 0 fully saturated rings. The van der Waals surface area contributed by atoms with Gasteiger partial charge in [0.05, 0.1) is 0 Å². The Hall–Kier alpha value is -2.16. The predicted molar refractivity (Wildman–Crippen MR) is 59.8 cm³/mol. The molecule has 0 aliphatic rings. The van der Waals surface area contributed by atoms with Crippen molar-refractivity contribution in [3.8, 4) is 0 Å². The third-order valence-electron chi connectivity index (χ3n) is 2.41. The highest BCUT2D eigenvalue weighted by Crippen LogP contribution is 2.26. The van der Waals surface area contributed by atoms with Crippen LogP contribution in [0.5, 0.6) is 0 Å². The largest absolute Gasteiger partial charge is 0.421 e. The Morgan fingerprint density at radius 3 is 2.85 bits per heavy atom. The Morgan fingerprint density at radius 2 is 2.20 bits per heavy atom. The normalized spacial score (nSPS) is 11.8. The SMILES string of the molecule is COCc1noc(Cn2cccc(C(F)(F)F)c2=O)n1. The van der Waals surface area contributed by atoms with Crippen LogP contribution in [0.4, 0.5) is 13.2 Å². The summed E-state index contributed by atoms with van der Waals surface area (Å²) >= 11 is 0. The van der Waals surface area contributed by atoms with Crippen LogP contribution in [0, 0.1) is 0 Å². The Labute approximate surface area is 110 Å². The van der Waals surface area contributed by atoms with Crippen LogP contribution >= 0.6 is 0 Å². The molecule has 0 N–H and O–H groups in total. The van der Waals surface area contributed by atoms with Crippen molar-refractivity contribution in [2.75, 3.05) is 7.11 Å². The van der Waals surface area contributed by atoms with Crippen LogP contribution in [0.15, 0.2) is 27.6 Å². The summed E-state index contributed by atoms with van der Waals surface area (Å²) < 4.78 is 48.2. The van der Waals surface area contributed by atoms with E-state index in [1.165, 1.54) is 13.3 Å². The zero-order valence-corrected chi connectivity index (χ0v) is 10.3. The van der Waals surface area contributed by atoms with Gasteiger partial charge in [-0.1, -0.05) is 5.16 Å². The lowest BCUT2D eigenvalue weighted by atomic mass is 10.2. The van der Waals surface area contributed by atoms with Crippen molar-refractivity contribution in [3.05, 3.63) is 46.0 Å². The molecule has 2 heterocycles. The fourth-order valence-corrected chi connectivity index (χ4v) is 1.56. The summed E-state index contributed by atoms with van der Waals surface area (Å²) in [6, 6.07) is 1.86. The molecule has 0 aromatic carbocycles. The Balaban J connectivity index is 2.27. The van der Waals surface area contributed by atoms with Crippen molar-refractivity contribution in [2.24, 2.45) is 0 Å². The molecule has 0 saturated heterocycles. The quantitative estimate of drug-likeness (QED) is 0.852. The van der Waals surface area contributed by atoms with Crippen LogP contribution < -0.4 is 5.56 Å². The minimum atomic E-state index is -4.70. The van der Waals surface area contributed by atoms with Crippen LogP contribution in [0.3, 0.4) is 0 Å². The molecular weight excluding hydrogens is 279 g/mol. The third-order valence-corrected chi connectivity index (χ3v) is 2.41. The summed E-state index contributed by atoms with van der Waals surface area (Å²) in [6.07, 6.45) is -3.48. The van der Waals surface area contributed by atoms with Crippen molar-refractivity contribution in [1.82, 2.24) is 14.7 Å². The van der Waals surface area contributed by atoms with E-state index < -0.39 is 17.3 Å². The molecule has 0 atom stereocenters. The molecule has 2 aromatic heterocycles. The Morgan fingerprint density at radius 1 is 1.45 bits per heavy atom. The summed E-state index contributed by atoms with van der Waals surface area (Å²) in [4.78, 5) is 15.6. The molecule has 0 spiro atoms. The van der Waals surface area contributed by atoms with E-state index in [1.54, 1.807) is 0 Å². The van der Waals surface area contributed by atoms with Crippen molar-refractivity contribution in [2.45, 2.75) is 19.3 Å². The van der Waals surface area contributed by atoms with Gasteiger partial charge in [0.1, 0.15) is 18.7 Å². The minimum Gasteiger partial charge on any atom is -0.377 e. The number of rotatable bonds is 4. The molecule has 0 amide bonds. The molecule has 9 heteroatoms. The van der Waals surface area contributed by atoms with E-state index in [1.807, 2.05) is 0 Å². The zero-order valence-electron chi connectivity index (χ0n) is 10.3. The van der Waals surface area contributed by atoms with E-state index in [4.69, 9.17) is 9.26 Å². The Bertz CT molecular complexity index is 648. The molecule has 0 saturated carbocycles. The monoisotopic (exact) mass is 289 g/mol. The highest BCUT2D eigenvalue weighted by Gasteiger charge is 2.34. The second-order valence-electron chi connectivity index (χ2n) is 3.89. The van der Waals surface area contributed by atoms with E-state index in [0.717, 1.165) is 16.7 Å². The molecule has 0 aliphatic carbocycles. The van der Waals surface area contributed by atoms with E-state index in [2.05, 4.69) is 10.1 Å². The van der Waals surface area contributed by atoms with Gasteiger partial charge in [0.15, 0.2) is 5.82 Å². The summed E-state index contributed by atoms with van der Waals surface area (Å²) in [5, 5.41) is 3.55. The average molecular weight is 289 g/mol. The maximum atomic E-state index is 12.6. The van der Waals surface area contributed by atoms with Gasteiger partial charge in [0.2, 0.25) is 5.89 Å². The number of hydrogen-bond donors (Lipinski definition) is 0. The predicted octanol–water partition coefficient (Wildman–Crippen LogP) is 1.44. The summed E-state index contributed by atoms with van der Waals surface area (Å²) in [5.41, 5.74) is -2.40. The van der Waals surface area contributed by atoms with Gasteiger partial charge in [-0.2, -0.15) is 18.2 Å². The van der Waals surface area contributed by atoms with Gasteiger partial charge in [0, 0.05) is 13.3 Å². The number of hydrogen-bond acceptors (Lipinski definition) is 5. The highest BCUT2D eigenvalue weighted by atomic mass is 19.4. The second-order valence-corrected chi connectivity index (χ2v) is 3.89. The molecule has 0 bridgehead atoms.